The summed E-state index contributed by atoms with van der Waals surface area (Å²) in [6.45, 7) is 5.45. The predicted molar refractivity (Wildman–Crippen MR) is 45.7 cm³/mol. The summed E-state index contributed by atoms with van der Waals surface area (Å²) >= 11 is 0. The van der Waals surface area contributed by atoms with E-state index >= 15 is 0 Å². The van der Waals surface area contributed by atoms with Crippen molar-refractivity contribution >= 4 is 0 Å². The third-order valence-electron chi connectivity index (χ3n) is 1.67. The Bertz CT molecular complexity index is 247. The van der Waals surface area contributed by atoms with Crippen LogP contribution in [0, 0.1) is 0 Å². The summed E-state index contributed by atoms with van der Waals surface area (Å²) < 4.78 is 4.98. The minimum Gasteiger partial charge on any atom is -0.382 e. The highest BCUT2D eigenvalue weighted by Crippen LogP contribution is 2.20. The lowest BCUT2D eigenvalue weighted by atomic mass is 10.1. The molecular formula is C9H15NO2. The molecule has 0 aliphatic carbocycles. The first kappa shape index (κ1) is 9.26. The molecule has 0 saturated carbocycles. The quantitative estimate of drug-likeness (QED) is 0.751. The molecular weight excluding hydrogens is 154 g/mol. The van der Waals surface area contributed by atoms with Gasteiger partial charge in [0.2, 0.25) is 0 Å². The third kappa shape index (κ3) is 2.08. The molecule has 0 aliphatic rings. The summed E-state index contributed by atoms with van der Waals surface area (Å²) in [6.07, 6.45) is 1.94. The van der Waals surface area contributed by atoms with Crippen molar-refractivity contribution in [3.63, 3.8) is 0 Å². The zero-order valence-corrected chi connectivity index (χ0v) is 7.79. The monoisotopic (exact) mass is 169 g/mol. The number of hydrogen-bond acceptors (Lipinski definition) is 3. The maximum atomic E-state index is 9.54. The van der Waals surface area contributed by atoms with Crippen LogP contribution in [0.15, 0.2) is 10.6 Å². The van der Waals surface area contributed by atoms with Crippen LogP contribution in [-0.4, -0.2) is 10.3 Å². The lowest BCUT2D eigenvalue weighted by Crippen LogP contribution is -2.13. The lowest BCUT2D eigenvalue weighted by Gasteiger charge is -2.10. The fourth-order valence-corrected chi connectivity index (χ4v) is 0.974. The molecule has 1 aromatic rings. The second-order valence-electron chi connectivity index (χ2n) is 3.49. The molecule has 1 aromatic heterocycles. The van der Waals surface area contributed by atoms with E-state index in [0.29, 0.717) is 5.76 Å². The summed E-state index contributed by atoms with van der Waals surface area (Å²) in [4.78, 5) is 0. The Balaban J connectivity index is 2.77. The molecule has 3 nitrogen and oxygen atoms in total. The zero-order chi connectivity index (χ0) is 9.19. The van der Waals surface area contributed by atoms with Gasteiger partial charge in [0, 0.05) is 6.07 Å². The minimum atomic E-state index is -0.918. The Morgan fingerprint density at radius 2 is 2.25 bits per heavy atom. The van der Waals surface area contributed by atoms with E-state index in [1.807, 2.05) is 6.07 Å². The van der Waals surface area contributed by atoms with Crippen molar-refractivity contribution in [1.29, 1.82) is 0 Å². The highest BCUT2D eigenvalue weighted by Gasteiger charge is 2.21. The largest absolute Gasteiger partial charge is 0.382 e. The zero-order valence-electron chi connectivity index (χ0n) is 7.79. The fraction of sp³-hybridized carbons (Fsp3) is 0.667. The first-order valence-electron chi connectivity index (χ1n) is 4.22. The van der Waals surface area contributed by atoms with Crippen LogP contribution >= 0.6 is 0 Å². The molecule has 1 rings (SSSR count). The summed E-state index contributed by atoms with van der Waals surface area (Å²) in [7, 11) is 0. The van der Waals surface area contributed by atoms with Crippen molar-refractivity contribution < 1.29 is 9.63 Å². The number of nitrogens with zero attached hydrogens (tertiary/aromatic N) is 1. The van der Waals surface area contributed by atoms with Crippen LogP contribution in [0.2, 0.25) is 0 Å². The smallest absolute Gasteiger partial charge is 0.167 e. The number of hydrogen-bond donors (Lipinski definition) is 1. The van der Waals surface area contributed by atoms with Gasteiger partial charge in [-0.25, -0.2) is 0 Å². The average Bonchev–Trinajstić information content (AvgIpc) is 2.35. The van der Waals surface area contributed by atoms with Crippen molar-refractivity contribution in [3.8, 4) is 0 Å². The molecule has 1 N–H and O–H groups in total. The van der Waals surface area contributed by atoms with Crippen molar-refractivity contribution in [1.82, 2.24) is 5.16 Å². The molecule has 12 heavy (non-hydrogen) atoms. The number of rotatable bonds is 3. The first-order valence-corrected chi connectivity index (χ1v) is 4.22. The maximum Gasteiger partial charge on any atom is 0.167 e. The topological polar surface area (TPSA) is 46.3 Å². The van der Waals surface area contributed by atoms with Gasteiger partial charge in [-0.3, -0.25) is 0 Å². The SMILES string of the molecule is CCCc1cc(C(C)(C)O)on1. The van der Waals surface area contributed by atoms with E-state index in [1.165, 1.54) is 0 Å². The molecule has 0 amide bonds. The molecule has 0 aliphatic heterocycles. The second-order valence-corrected chi connectivity index (χ2v) is 3.49. The molecule has 0 saturated heterocycles. The van der Waals surface area contributed by atoms with Crippen LogP contribution in [-0.2, 0) is 12.0 Å². The van der Waals surface area contributed by atoms with E-state index in [1.54, 1.807) is 13.8 Å². The van der Waals surface area contributed by atoms with Gasteiger partial charge in [0.05, 0.1) is 5.69 Å². The van der Waals surface area contributed by atoms with Crippen LogP contribution < -0.4 is 0 Å². The van der Waals surface area contributed by atoms with Gasteiger partial charge in [-0.1, -0.05) is 18.5 Å². The van der Waals surface area contributed by atoms with Gasteiger partial charge in [-0.15, -0.1) is 0 Å². The molecule has 0 unspecified atom stereocenters. The molecule has 0 aromatic carbocycles. The summed E-state index contributed by atoms with van der Waals surface area (Å²) in [5.74, 6) is 0.533. The molecule has 0 atom stereocenters. The summed E-state index contributed by atoms with van der Waals surface area (Å²) in [5, 5.41) is 13.4. The average molecular weight is 169 g/mol. The minimum absolute atomic E-state index is 0.533. The molecule has 1 heterocycles. The van der Waals surface area contributed by atoms with Gasteiger partial charge < -0.3 is 9.63 Å². The second kappa shape index (κ2) is 3.27. The number of aryl methyl sites for hydroxylation is 1. The van der Waals surface area contributed by atoms with E-state index in [4.69, 9.17) is 4.52 Å². The van der Waals surface area contributed by atoms with E-state index in [2.05, 4.69) is 12.1 Å². The van der Waals surface area contributed by atoms with Gasteiger partial charge >= 0.3 is 0 Å². The van der Waals surface area contributed by atoms with Crippen LogP contribution in [0.4, 0.5) is 0 Å². The van der Waals surface area contributed by atoms with Crippen molar-refractivity contribution in [2.75, 3.05) is 0 Å². The lowest BCUT2D eigenvalue weighted by molar-refractivity contribution is 0.0475. The predicted octanol–water partition coefficient (Wildman–Crippen LogP) is 1.85. The van der Waals surface area contributed by atoms with Crippen molar-refractivity contribution in [2.24, 2.45) is 0 Å². The molecule has 68 valence electrons. The van der Waals surface area contributed by atoms with Gasteiger partial charge in [0.15, 0.2) is 5.76 Å². The number of aliphatic hydroxyl groups is 1. The Hall–Kier alpha value is -0.830. The standard InChI is InChI=1S/C9H15NO2/c1-4-5-7-6-8(12-10-7)9(2,3)11/h6,11H,4-5H2,1-3H3. The van der Waals surface area contributed by atoms with Gasteiger partial charge in [0.1, 0.15) is 5.60 Å². The molecule has 0 bridgehead atoms. The maximum absolute atomic E-state index is 9.54. The summed E-state index contributed by atoms with van der Waals surface area (Å²) in [6, 6.07) is 1.81. The Morgan fingerprint density at radius 1 is 1.58 bits per heavy atom. The highest BCUT2D eigenvalue weighted by atomic mass is 16.5. The van der Waals surface area contributed by atoms with E-state index < -0.39 is 5.60 Å². The van der Waals surface area contributed by atoms with Gasteiger partial charge in [-0.05, 0) is 20.3 Å². The normalized spacial score (nSPS) is 12.0. The van der Waals surface area contributed by atoms with Gasteiger partial charge in [0.25, 0.3) is 0 Å². The van der Waals surface area contributed by atoms with Crippen LogP contribution in [0.3, 0.4) is 0 Å². The molecule has 3 heteroatoms. The van der Waals surface area contributed by atoms with Crippen molar-refractivity contribution in [3.05, 3.63) is 17.5 Å². The molecule has 0 fully saturated rings. The third-order valence-corrected chi connectivity index (χ3v) is 1.67. The summed E-state index contributed by atoms with van der Waals surface area (Å²) in [5.41, 5.74) is -0.00598. The van der Waals surface area contributed by atoms with Crippen LogP contribution in [0.25, 0.3) is 0 Å². The number of aromatic nitrogens is 1. The Kier molecular flexibility index (Phi) is 2.52. The van der Waals surface area contributed by atoms with Crippen LogP contribution in [0.5, 0.6) is 0 Å². The van der Waals surface area contributed by atoms with E-state index in [0.717, 1.165) is 18.5 Å². The van der Waals surface area contributed by atoms with Gasteiger partial charge in [-0.2, -0.15) is 0 Å². The van der Waals surface area contributed by atoms with E-state index in [-0.39, 0.29) is 0 Å². The first-order chi connectivity index (χ1) is 5.54. The molecule has 0 spiro atoms. The molecule has 0 radical (unpaired) electrons. The Morgan fingerprint density at radius 3 is 2.67 bits per heavy atom. The van der Waals surface area contributed by atoms with E-state index in [9.17, 15) is 5.11 Å². The van der Waals surface area contributed by atoms with Crippen molar-refractivity contribution in [2.45, 2.75) is 39.2 Å². The fourth-order valence-electron chi connectivity index (χ4n) is 0.974. The highest BCUT2D eigenvalue weighted by molar-refractivity contribution is 5.10. The van der Waals surface area contributed by atoms with Crippen LogP contribution in [0.1, 0.15) is 38.6 Å². The Labute approximate surface area is 72.4 Å².